The van der Waals surface area contributed by atoms with E-state index in [1.807, 2.05) is 0 Å². The van der Waals surface area contributed by atoms with Crippen LogP contribution in [0.5, 0.6) is 0 Å². The van der Waals surface area contributed by atoms with E-state index < -0.39 is 0 Å². The fourth-order valence-corrected chi connectivity index (χ4v) is 4.46. The van der Waals surface area contributed by atoms with Crippen LogP contribution in [0.15, 0.2) is 0 Å². The van der Waals surface area contributed by atoms with Gasteiger partial charge in [0.15, 0.2) is 0 Å². The number of nitrogens with zero attached hydrogens (tertiary/aromatic N) is 2. The van der Waals surface area contributed by atoms with Crippen LogP contribution in [-0.4, -0.2) is 39.9 Å². The lowest BCUT2D eigenvalue weighted by Gasteiger charge is -2.26. The van der Waals surface area contributed by atoms with E-state index >= 15 is 0 Å². The Morgan fingerprint density at radius 2 is 1.50 bits per heavy atom. The van der Waals surface area contributed by atoms with Crippen molar-refractivity contribution >= 4 is 16.9 Å². The van der Waals surface area contributed by atoms with Crippen LogP contribution in [-0.2, 0) is 0 Å². The van der Waals surface area contributed by atoms with Crippen LogP contribution in [0.3, 0.4) is 0 Å². The van der Waals surface area contributed by atoms with Crippen LogP contribution < -0.4 is 0 Å². The molecule has 18 heavy (non-hydrogen) atoms. The fourth-order valence-electron chi connectivity index (χ4n) is 4.02. The predicted molar refractivity (Wildman–Crippen MR) is 76.4 cm³/mol. The summed E-state index contributed by atoms with van der Waals surface area (Å²) in [4.78, 5) is 2.51. The fraction of sp³-hybridized carbons (Fsp3) is 0.933. The first-order chi connectivity index (χ1) is 8.86. The second-order valence-corrected chi connectivity index (χ2v) is 6.58. The van der Waals surface area contributed by atoms with Crippen molar-refractivity contribution in [3.8, 4) is 0 Å². The van der Waals surface area contributed by atoms with Gasteiger partial charge in [-0.05, 0) is 51.4 Å². The summed E-state index contributed by atoms with van der Waals surface area (Å²) in [6, 6.07) is 1.47. The smallest absolute Gasteiger partial charge is 0.245 e. The van der Waals surface area contributed by atoms with Crippen molar-refractivity contribution in [3.05, 3.63) is 0 Å². The molecular weight excluding hydrogens is 244 g/mol. The van der Waals surface area contributed by atoms with Crippen LogP contribution in [0.2, 0.25) is 0 Å². The average molecular weight is 270 g/mol. The summed E-state index contributed by atoms with van der Waals surface area (Å²) in [6.07, 6.45) is 13.9. The van der Waals surface area contributed by atoms with E-state index in [4.69, 9.17) is 11.6 Å². The third-order valence-electron chi connectivity index (χ3n) is 5.09. The molecule has 3 rings (SSSR count). The molecule has 1 heterocycles. The topological polar surface area (TPSA) is 6.25 Å². The SMILES string of the molecule is ClC1=[N+](C2CCCCC2)CCN1C1CCCCC1. The van der Waals surface area contributed by atoms with Crippen molar-refractivity contribution < 1.29 is 4.58 Å². The average Bonchev–Trinajstić information content (AvgIpc) is 2.83. The molecule has 0 aromatic rings. The van der Waals surface area contributed by atoms with E-state index in [1.54, 1.807) is 0 Å². The largest absolute Gasteiger partial charge is 0.345 e. The summed E-state index contributed by atoms with van der Waals surface area (Å²) in [5.41, 5.74) is 0. The minimum Gasteiger partial charge on any atom is -0.245 e. The van der Waals surface area contributed by atoms with Crippen LogP contribution in [0.1, 0.15) is 64.2 Å². The van der Waals surface area contributed by atoms with Gasteiger partial charge in [-0.25, -0.2) is 9.48 Å². The van der Waals surface area contributed by atoms with Crippen molar-refractivity contribution in [1.82, 2.24) is 4.90 Å². The van der Waals surface area contributed by atoms with Gasteiger partial charge in [-0.15, -0.1) is 0 Å². The van der Waals surface area contributed by atoms with Gasteiger partial charge in [0.25, 0.3) is 0 Å². The first-order valence-electron chi connectivity index (χ1n) is 7.92. The highest BCUT2D eigenvalue weighted by atomic mass is 35.5. The minimum absolute atomic E-state index is 0.736. The first-order valence-corrected chi connectivity index (χ1v) is 8.30. The monoisotopic (exact) mass is 269 g/mol. The zero-order valence-corrected chi connectivity index (χ0v) is 12.2. The van der Waals surface area contributed by atoms with Gasteiger partial charge >= 0.3 is 5.29 Å². The summed E-state index contributed by atoms with van der Waals surface area (Å²) < 4.78 is 2.51. The second kappa shape index (κ2) is 5.81. The summed E-state index contributed by atoms with van der Waals surface area (Å²) in [6.45, 7) is 2.33. The lowest BCUT2D eigenvalue weighted by Crippen LogP contribution is -2.38. The Morgan fingerprint density at radius 1 is 0.889 bits per heavy atom. The molecular formula is C15H26ClN2+. The Morgan fingerprint density at radius 3 is 2.17 bits per heavy atom. The Balaban J connectivity index is 1.68. The summed E-state index contributed by atoms with van der Waals surface area (Å²) in [5, 5.41) is 1.08. The van der Waals surface area contributed by atoms with Gasteiger partial charge in [-0.1, -0.05) is 12.8 Å². The molecule has 2 nitrogen and oxygen atoms in total. The first kappa shape index (κ1) is 12.8. The second-order valence-electron chi connectivity index (χ2n) is 6.24. The van der Waals surface area contributed by atoms with Gasteiger partial charge in [0, 0.05) is 11.6 Å². The number of hydrogen-bond donors (Lipinski definition) is 0. The third kappa shape index (κ3) is 2.54. The molecule has 0 amide bonds. The molecule has 3 heteroatoms. The molecule has 2 saturated carbocycles. The van der Waals surface area contributed by atoms with Crippen molar-refractivity contribution in [2.24, 2.45) is 0 Å². The summed E-state index contributed by atoms with van der Waals surface area (Å²) >= 11 is 6.68. The van der Waals surface area contributed by atoms with E-state index in [-0.39, 0.29) is 0 Å². The van der Waals surface area contributed by atoms with E-state index in [0.717, 1.165) is 17.4 Å². The maximum atomic E-state index is 6.68. The van der Waals surface area contributed by atoms with Crippen LogP contribution in [0.4, 0.5) is 0 Å². The number of hydrogen-bond acceptors (Lipinski definition) is 1. The molecule has 0 bridgehead atoms. The molecule has 0 aromatic carbocycles. The standard InChI is InChI=1S/C15H26ClN2/c16-15-17(13-7-3-1-4-8-13)11-12-18(15)14-9-5-2-6-10-14/h13-14H,1-12H2/q+1. The Bertz CT molecular complexity index is 314. The Kier molecular flexibility index (Phi) is 4.13. The van der Waals surface area contributed by atoms with E-state index in [0.29, 0.717) is 0 Å². The molecule has 0 saturated heterocycles. The molecule has 0 spiro atoms. The highest BCUT2D eigenvalue weighted by molar-refractivity contribution is 6.63. The molecule has 0 aromatic heterocycles. The van der Waals surface area contributed by atoms with Gasteiger partial charge in [0.05, 0.1) is 12.1 Å². The van der Waals surface area contributed by atoms with Crippen molar-refractivity contribution in [1.29, 1.82) is 0 Å². The lowest BCUT2D eigenvalue weighted by atomic mass is 9.94. The van der Waals surface area contributed by atoms with Gasteiger partial charge in [0.2, 0.25) is 0 Å². The van der Waals surface area contributed by atoms with Gasteiger partial charge < -0.3 is 0 Å². The molecule has 0 unspecified atom stereocenters. The molecule has 1 aliphatic heterocycles. The number of rotatable bonds is 2. The van der Waals surface area contributed by atoms with Crippen LogP contribution in [0.25, 0.3) is 0 Å². The number of halogens is 1. The van der Waals surface area contributed by atoms with Crippen LogP contribution in [0, 0.1) is 0 Å². The zero-order valence-electron chi connectivity index (χ0n) is 11.4. The Hall–Kier alpha value is -0.240. The summed E-state index contributed by atoms with van der Waals surface area (Å²) in [5.74, 6) is 0. The van der Waals surface area contributed by atoms with E-state index in [9.17, 15) is 0 Å². The molecule has 2 fully saturated rings. The highest BCUT2D eigenvalue weighted by Crippen LogP contribution is 2.28. The normalized spacial score (nSPS) is 28.2. The Labute approximate surface area is 116 Å². The zero-order chi connectivity index (χ0) is 12.4. The van der Waals surface area contributed by atoms with Crippen LogP contribution >= 0.6 is 11.6 Å². The van der Waals surface area contributed by atoms with E-state index in [2.05, 4.69) is 9.48 Å². The lowest BCUT2D eigenvalue weighted by molar-refractivity contribution is -0.559. The molecule has 0 radical (unpaired) electrons. The highest BCUT2D eigenvalue weighted by Gasteiger charge is 2.38. The molecule has 2 aliphatic carbocycles. The van der Waals surface area contributed by atoms with Gasteiger partial charge in [-0.2, -0.15) is 0 Å². The molecule has 0 N–H and O–H groups in total. The van der Waals surface area contributed by atoms with Crippen molar-refractivity contribution in [2.75, 3.05) is 13.1 Å². The molecule has 102 valence electrons. The van der Waals surface area contributed by atoms with Gasteiger partial charge in [-0.3, -0.25) is 0 Å². The minimum atomic E-state index is 0.736. The number of amidine groups is 1. The quantitative estimate of drug-likeness (QED) is 0.549. The molecule has 3 aliphatic rings. The van der Waals surface area contributed by atoms with Gasteiger partial charge in [0.1, 0.15) is 13.1 Å². The maximum Gasteiger partial charge on any atom is 0.345 e. The third-order valence-corrected chi connectivity index (χ3v) is 5.52. The summed E-state index contributed by atoms with van der Waals surface area (Å²) in [7, 11) is 0. The molecule has 0 atom stereocenters. The predicted octanol–water partition coefficient (Wildman–Crippen LogP) is 3.57. The maximum absolute atomic E-state index is 6.68. The van der Waals surface area contributed by atoms with E-state index in [1.165, 1.54) is 77.3 Å². The van der Waals surface area contributed by atoms with Crippen molar-refractivity contribution in [2.45, 2.75) is 76.3 Å². The van der Waals surface area contributed by atoms with Crippen molar-refractivity contribution in [3.63, 3.8) is 0 Å².